The Kier molecular flexibility index (Phi) is 14.6. The van der Waals surface area contributed by atoms with E-state index in [0.29, 0.717) is 19.4 Å². The predicted molar refractivity (Wildman–Crippen MR) is 84.3 cm³/mol. The van der Waals surface area contributed by atoms with Crippen molar-refractivity contribution in [3.05, 3.63) is 0 Å². The molecule has 0 aromatic carbocycles. The maximum absolute atomic E-state index is 11.4. The van der Waals surface area contributed by atoms with Crippen LogP contribution in [0.2, 0.25) is 0 Å². The standard InChI is InChI=1S/C17H32O4/c1-2-3-4-5-6-7-8-12-15-21-17(20)14-11-9-10-13-16(18)19/h2-15H2,1H3,(H,18,19). The molecular formula is C17H32O4. The summed E-state index contributed by atoms with van der Waals surface area (Å²) in [7, 11) is 0. The number of unbranched alkanes of at least 4 members (excludes halogenated alkanes) is 9. The molecule has 1 N–H and O–H groups in total. The van der Waals surface area contributed by atoms with Crippen molar-refractivity contribution in [1.29, 1.82) is 0 Å². The lowest BCUT2D eigenvalue weighted by atomic mass is 10.1. The van der Waals surface area contributed by atoms with Gasteiger partial charge in [0.15, 0.2) is 0 Å². The third kappa shape index (κ3) is 16.9. The Morgan fingerprint density at radius 3 is 1.90 bits per heavy atom. The molecule has 0 atom stereocenters. The minimum atomic E-state index is -0.771. The molecule has 4 nitrogen and oxygen atoms in total. The highest BCUT2D eigenvalue weighted by Crippen LogP contribution is 2.09. The molecule has 0 aromatic heterocycles. The zero-order valence-electron chi connectivity index (χ0n) is 13.6. The van der Waals surface area contributed by atoms with Crippen molar-refractivity contribution < 1.29 is 19.4 Å². The Morgan fingerprint density at radius 1 is 0.762 bits per heavy atom. The van der Waals surface area contributed by atoms with Crippen molar-refractivity contribution in [3.8, 4) is 0 Å². The average Bonchev–Trinajstić information content (AvgIpc) is 2.45. The van der Waals surface area contributed by atoms with Crippen LogP contribution >= 0.6 is 0 Å². The number of carbonyl (C=O) groups is 2. The smallest absolute Gasteiger partial charge is 0.305 e. The van der Waals surface area contributed by atoms with Crippen LogP contribution in [0, 0.1) is 0 Å². The van der Waals surface area contributed by atoms with Gasteiger partial charge in [0.2, 0.25) is 0 Å². The fourth-order valence-electron chi connectivity index (χ4n) is 2.22. The Morgan fingerprint density at radius 2 is 1.29 bits per heavy atom. The second-order valence-corrected chi connectivity index (χ2v) is 5.65. The van der Waals surface area contributed by atoms with Crippen LogP contribution in [0.25, 0.3) is 0 Å². The molecule has 0 aliphatic carbocycles. The summed E-state index contributed by atoms with van der Waals surface area (Å²) in [5.74, 6) is -0.916. The summed E-state index contributed by atoms with van der Waals surface area (Å²) in [6.07, 6.45) is 12.6. The first-order valence-corrected chi connectivity index (χ1v) is 8.54. The van der Waals surface area contributed by atoms with Gasteiger partial charge in [-0.05, 0) is 19.3 Å². The molecule has 0 heterocycles. The van der Waals surface area contributed by atoms with Gasteiger partial charge in [0, 0.05) is 12.8 Å². The van der Waals surface area contributed by atoms with E-state index in [4.69, 9.17) is 9.84 Å². The van der Waals surface area contributed by atoms with Crippen molar-refractivity contribution in [2.75, 3.05) is 6.61 Å². The lowest BCUT2D eigenvalue weighted by molar-refractivity contribution is -0.143. The lowest BCUT2D eigenvalue weighted by Gasteiger charge is -2.05. The molecule has 0 saturated carbocycles. The Hall–Kier alpha value is -1.06. The van der Waals surface area contributed by atoms with Gasteiger partial charge in [0.1, 0.15) is 0 Å². The van der Waals surface area contributed by atoms with E-state index in [1.165, 1.54) is 38.5 Å². The highest BCUT2D eigenvalue weighted by atomic mass is 16.5. The minimum absolute atomic E-state index is 0.145. The first kappa shape index (κ1) is 19.9. The molecule has 124 valence electrons. The first-order chi connectivity index (χ1) is 10.2. The van der Waals surface area contributed by atoms with Gasteiger partial charge >= 0.3 is 11.9 Å². The van der Waals surface area contributed by atoms with Crippen molar-refractivity contribution in [2.24, 2.45) is 0 Å². The summed E-state index contributed by atoms with van der Waals surface area (Å²) in [5.41, 5.74) is 0. The molecule has 0 unspecified atom stereocenters. The van der Waals surface area contributed by atoms with Crippen molar-refractivity contribution in [3.63, 3.8) is 0 Å². The Bertz CT molecular complexity index is 264. The highest BCUT2D eigenvalue weighted by Gasteiger charge is 2.03. The van der Waals surface area contributed by atoms with Gasteiger partial charge < -0.3 is 9.84 Å². The largest absolute Gasteiger partial charge is 0.481 e. The van der Waals surface area contributed by atoms with Gasteiger partial charge in [-0.15, -0.1) is 0 Å². The predicted octanol–water partition coefficient (Wildman–Crippen LogP) is 4.71. The SMILES string of the molecule is CCCCCCCCCCOC(=O)CCCCCC(=O)O. The molecule has 0 radical (unpaired) electrons. The van der Waals surface area contributed by atoms with Crippen LogP contribution in [0.5, 0.6) is 0 Å². The number of carboxylic acids is 1. The van der Waals surface area contributed by atoms with Crippen LogP contribution in [0.1, 0.15) is 90.4 Å². The number of ether oxygens (including phenoxy) is 1. The Balaban J connectivity index is 3.17. The number of carbonyl (C=O) groups excluding carboxylic acids is 1. The molecule has 0 aliphatic heterocycles. The molecule has 21 heavy (non-hydrogen) atoms. The van der Waals surface area contributed by atoms with Crippen LogP contribution in [-0.2, 0) is 14.3 Å². The molecule has 4 heteroatoms. The monoisotopic (exact) mass is 300 g/mol. The highest BCUT2D eigenvalue weighted by molar-refractivity contribution is 5.69. The van der Waals surface area contributed by atoms with E-state index >= 15 is 0 Å². The number of hydrogen-bond donors (Lipinski definition) is 1. The van der Waals surface area contributed by atoms with Crippen LogP contribution in [0.15, 0.2) is 0 Å². The average molecular weight is 300 g/mol. The molecule has 0 saturated heterocycles. The molecule has 0 spiro atoms. The van der Waals surface area contributed by atoms with Crippen molar-refractivity contribution >= 4 is 11.9 Å². The van der Waals surface area contributed by atoms with E-state index in [0.717, 1.165) is 25.7 Å². The van der Waals surface area contributed by atoms with E-state index < -0.39 is 5.97 Å². The Labute approximate surface area is 129 Å². The van der Waals surface area contributed by atoms with Crippen LogP contribution in [-0.4, -0.2) is 23.7 Å². The van der Waals surface area contributed by atoms with Gasteiger partial charge in [-0.2, -0.15) is 0 Å². The second kappa shape index (κ2) is 15.3. The fraction of sp³-hybridized carbons (Fsp3) is 0.882. The summed E-state index contributed by atoms with van der Waals surface area (Å²) in [5, 5.41) is 8.48. The third-order valence-electron chi connectivity index (χ3n) is 3.53. The molecule has 0 fully saturated rings. The zero-order valence-corrected chi connectivity index (χ0v) is 13.6. The molecule has 0 rings (SSSR count). The molecular weight excluding hydrogens is 268 g/mol. The molecule has 0 bridgehead atoms. The van der Waals surface area contributed by atoms with Crippen LogP contribution in [0.4, 0.5) is 0 Å². The first-order valence-electron chi connectivity index (χ1n) is 8.54. The lowest BCUT2D eigenvalue weighted by Crippen LogP contribution is -2.05. The number of hydrogen-bond acceptors (Lipinski definition) is 3. The summed E-state index contributed by atoms with van der Waals surface area (Å²) in [6, 6.07) is 0. The van der Waals surface area contributed by atoms with E-state index in [1.807, 2.05) is 0 Å². The van der Waals surface area contributed by atoms with E-state index in [1.54, 1.807) is 0 Å². The van der Waals surface area contributed by atoms with Crippen molar-refractivity contribution in [2.45, 2.75) is 90.4 Å². The summed E-state index contributed by atoms with van der Waals surface area (Å²) >= 11 is 0. The van der Waals surface area contributed by atoms with Gasteiger partial charge in [0.05, 0.1) is 6.61 Å². The van der Waals surface area contributed by atoms with Crippen LogP contribution < -0.4 is 0 Å². The van der Waals surface area contributed by atoms with Gasteiger partial charge in [-0.3, -0.25) is 9.59 Å². The maximum Gasteiger partial charge on any atom is 0.305 e. The third-order valence-corrected chi connectivity index (χ3v) is 3.53. The van der Waals surface area contributed by atoms with Crippen LogP contribution in [0.3, 0.4) is 0 Å². The second-order valence-electron chi connectivity index (χ2n) is 5.65. The maximum atomic E-state index is 11.4. The normalized spacial score (nSPS) is 10.5. The zero-order chi connectivity index (χ0) is 15.8. The van der Waals surface area contributed by atoms with E-state index in [2.05, 4.69) is 6.92 Å². The van der Waals surface area contributed by atoms with Gasteiger partial charge in [0.25, 0.3) is 0 Å². The number of rotatable bonds is 15. The van der Waals surface area contributed by atoms with E-state index in [9.17, 15) is 9.59 Å². The summed E-state index contributed by atoms with van der Waals surface area (Å²) in [6.45, 7) is 2.75. The summed E-state index contributed by atoms with van der Waals surface area (Å²) in [4.78, 5) is 21.7. The topological polar surface area (TPSA) is 63.6 Å². The molecule has 0 aromatic rings. The van der Waals surface area contributed by atoms with Crippen molar-refractivity contribution in [1.82, 2.24) is 0 Å². The fourth-order valence-corrected chi connectivity index (χ4v) is 2.22. The number of esters is 1. The minimum Gasteiger partial charge on any atom is -0.481 e. The van der Waals surface area contributed by atoms with Gasteiger partial charge in [-0.25, -0.2) is 0 Å². The summed E-state index contributed by atoms with van der Waals surface area (Å²) < 4.78 is 5.16. The number of aliphatic carboxylic acids is 1. The quantitative estimate of drug-likeness (QED) is 0.351. The molecule has 0 amide bonds. The van der Waals surface area contributed by atoms with E-state index in [-0.39, 0.29) is 12.4 Å². The number of carboxylic acid groups (broad SMARTS) is 1. The van der Waals surface area contributed by atoms with Gasteiger partial charge in [-0.1, -0.05) is 58.3 Å². The molecule has 0 aliphatic rings.